The molecule has 1 amide bonds. The van der Waals surface area contributed by atoms with E-state index in [1.54, 1.807) is 4.52 Å². The summed E-state index contributed by atoms with van der Waals surface area (Å²) < 4.78 is 1.72. The van der Waals surface area contributed by atoms with E-state index >= 15 is 0 Å². The number of aliphatic hydroxyl groups is 1. The third-order valence-corrected chi connectivity index (χ3v) is 4.71. The van der Waals surface area contributed by atoms with Crippen molar-refractivity contribution in [3.05, 3.63) is 35.2 Å². The number of amides is 1. The van der Waals surface area contributed by atoms with E-state index in [4.69, 9.17) is 0 Å². The number of thiophene rings is 1. The van der Waals surface area contributed by atoms with Crippen LogP contribution in [0.5, 0.6) is 0 Å². The average molecular weight is 314 g/mol. The first-order valence-electron chi connectivity index (χ1n) is 7.11. The average Bonchev–Trinajstić information content (AvgIpc) is 3.13. The van der Waals surface area contributed by atoms with Gasteiger partial charge in [-0.25, -0.2) is 4.52 Å². The maximum Gasteiger partial charge on any atom is 0.249 e. The largest absolute Gasteiger partial charge is 0.391 e. The summed E-state index contributed by atoms with van der Waals surface area (Å²) in [5.74, 6) is 0.454. The molecule has 1 aliphatic rings. The first kappa shape index (κ1) is 13.4. The maximum absolute atomic E-state index is 11.8. The van der Waals surface area contributed by atoms with E-state index in [0.29, 0.717) is 11.6 Å². The number of rotatable bonds is 4. The summed E-state index contributed by atoms with van der Waals surface area (Å²) in [5.41, 5.74) is 1.57. The molecule has 7 heteroatoms. The number of anilines is 1. The number of carbonyl (C=O) groups excluding carboxylic acids is 1. The Bertz CT molecular complexity index is 850. The summed E-state index contributed by atoms with van der Waals surface area (Å²) in [5, 5.41) is 16.4. The molecule has 3 aromatic rings. The van der Waals surface area contributed by atoms with Gasteiger partial charge in [0.2, 0.25) is 11.9 Å². The van der Waals surface area contributed by atoms with Crippen molar-refractivity contribution in [2.75, 3.05) is 5.32 Å². The van der Waals surface area contributed by atoms with Gasteiger partial charge in [-0.2, -0.15) is 4.98 Å². The molecule has 1 aliphatic carbocycles. The van der Waals surface area contributed by atoms with Gasteiger partial charge in [-0.15, -0.1) is 16.4 Å². The van der Waals surface area contributed by atoms with Crippen LogP contribution in [0.4, 0.5) is 5.95 Å². The third kappa shape index (κ3) is 2.38. The van der Waals surface area contributed by atoms with Crippen molar-refractivity contribution in [2.45, 2.75) is 19.4 Å². The number of hydrogen-bond acceptors (Lipinski definition) is 5. The second kappa shape index (κ2) is 5.19. The van der Waals surface area contributed by atoms with Gasteiger partial charge >= 0.3 is 0 Å². The fraction of sp³-hybridized carbons (Fsp3) is 0.267. The normalized spacial score (nSPS) is 14.4. The minimum atomic E-state index is -0.00357. The topological polar surface area (TPSA) is 79.5 Å². The second-order valence-corrected chi connectivity index (χ2v) is 6.47. The fourth-order valence-corrected chi connectivity index (χ4v) is 3.18. The molecule has 1 fully saturated rings. The molecular formula is C15H14N4O2S. The molecular weight excluding hydrogens is 300 g/mol. The van der Waals surface area contributed by atoms with E-state index in [1.165, 1.54) is 11.3 Å². The highest BCUT2D eigenvalue weighted by Crippen LogP contribution is 2.31. The minimum absolute atomic E-state index is 0.00357. The van der Waals surface area contributed by atoms with Crippen LogP contribution in [0, 0.1) is 5.92 Å². The number of pyridine rings is 1. The van der Waals surface area contributed by atoms with E-state index < -0.39 is 0 Å². The zero-order valence-electron chi connectivity index (χ0n) is 11.7. The number of fused-ring (bicyclic) bond motifs is 1. The van der Waals surface area contributed by atoms with Crippen molar-refractivity contribution < 1.29 is 9.90 Å². The van der Waals surface area contributed by atoms with Crippen molar-refractivity contribution in [1.29, 1.82) is 0 Å². The molecule has 1 saturated carbocycles. The molecule has 3 heterocycles. The molecule has 0 bridgehead atoms. The highest BCUT2D eigenvalue weighted by molar-refractivity contribution is 7.15. The lowest BCUT2D eigenvalue weighted by Gasteiger charge is -2.00. The molecule has 0 saturated heterocycles. The Hall–Kier alpha value is -2.25. The van der Waals surface area contributed by atoms with Gasteiger partial charge in [0.1, 0.15) is 0 Å². The van der Waals surface area contributed by atoms with Crippen LogP contribution < -0.4 is 5.32 Å². The maximum atomic E-state index is 11.8. The number of hydrogen-bond donors (Lipinski definition) is 2. The third-order valence-electron chi connectivity index (χ3n) is 3.61. The molecule has 0 atom stereocenters. The van der Waals surface area contributed by atoms with E-state index in [0.717, 1.165) is 28.3 Å². The van der Waals surface area contributed by atoms with Crippen LogP contribution >= 0.6 is 11.3 Å². The molecule has 3 aromatic heterocycles. The molecule has 0 unspecified atom stereocenters. The van der Waals surface area contributed by atoms with Gasteiger partial charge in [-0.3, -0.25) is 10.1 Å². The molecule has 0 aromatic carbocycles. The Morgan fingerprint density at radius 2 is 2.23 bits per heavy atom. The predicted octanol–water partition coefficient (Wildman–Crippen LogP) is 2.30. The number of aliphatic hydroxyl groups excluding tert-OH is 1. The summed E-state index contributed by atoms with van der Waals surface area (Å²) in [4.78, 5) is 18.1. The molecule has 22 heavy (non-hydrogen) atoms. The first-order valence-corrected chi connectivity index (χ1v) is 7.93. The number of carbonyl (C=O) groups is 1. The van der Waals surface area contributed by atoms with E-state index in [9.17, 15) is 9.90 Å². The van der Waals surface area contributed by atoms with Crippen LogP contribution in [0.3, 0.4) is 0 Å². The van der Waals surface area contributed by atoms with Gasteiger partial charge in [-0.1, -0.05) is 6.07 Å². The molecule has 4 rings (SSSR count). The van der Waals surface area contributed by atoms with Crippen LogP contribution in [0.2, 0.25) is 0 Å². The Morgan fingerprint density at radius 3 is 2.95 bits per heavy atom. The highest BCUT2D eigenvalue weighted by Gasteiger charge is 2.30. The second-order valence-electron chi connectivity index (χ2n) is 5.30. The monoisotopic (exact) mass is 314 g/mol. The Kier molecular flexibility index (Phi) is 3.16. The van der Waals surface area contributed by atoms with Gasteiger partial charge in [-0.05, 0) is 37.1 Å². The summed E-state index contributed by atoms with van der Waals surface area (Å²) in [7, 11) is 0. The fourth-order valence-electron chi connectivity index (χ4n) is 2.30. The van der Waals surface area contributed by atoms with E-state index in [1.807, 2.05) is 30.3 Å². The lowest BCUT2D eigenvalue weighted by Crippen LogP contribution is -2.14. The number of nitrogens with zero attached hydrogens (tertiary/aromatic N) is 3. The molecule has 0 radical (unpaired) electrons. The van der Waals surface area contributed by atoms with Crippen LogP contribution in [-0.4, -0.2) is 25.6 Å². The van der Waals surface area contributed by atoms with Crippen LogP contribution in [0.15, 0.2) is 30.3 Å². The van der Waals surface area contributed by atoms with Crippen LogP contribution in [0.25, 0.3) is 16.2 Å². The lowest BCUT2D eigenvalue weighted by atomic mass is 10.3. The van der Waals surface area contributed by atoms with Gasteiger partial charge < -0.3 is 5.11 Å². The smallest absolute Gasteiger partial charge is 0.249 e. The summed E-state index contributed by atoms with van der Waals surface area (Å²) >= 11 is 1.51. The van der Waals surface area contributed by atoms with Gasteiger partial charge in [0.05, 0.1) is 17.2 Å². The summed E-state index contributed by atoms with van der Waals surface area (Å²) in [6.45, 7) is 0.0285. The molecule has 112 valence electrons. The SMILES string of the molecule is O=C(Nc1nc2cccc(-c3ccc(CO)s3)n2n1)C1CC1. The Morgan fingerprint density at radius 1 is 1.36 bits per heavy atom. The van der Waals surface area contributed by atoms with Crippen molar-refractivity contribution in [2.24, 2.45) is 5.92 Å². The van der Waals surface area contributed by atoms with Gasteiger partial charge in [0, 0.05) is 10.8 Å². The molecule has 6 nitrogen and oxygen atoms in total. The first-order chi connectivity index (χ1) is 10.7. The van der Waals surface area contributed by atoms with Crippen LogP contribution in [-0.2, 0) is 11.4 Å². The summed E-state index contributed by atoms with van der Waals surface area (Å²) in [6, 6.07) is 9.55. The van der Waals surface area contributed by atoms with Crippen LogP contribution in [0.1, 0.15) is 17.7 Å². The Balaban J connectivity index is 1.72. The van der Waals surface area contributed by atoms with Crippen molar-refractivity contribution in [1.82, 2.24) is 14.6 Å². The Labute approximate surface area is 130 Å². The zero-order chi connectivity index (χ0) is 15.1. The van der Waals surface area contributed by atoms with Crippen molar-refractivity contribution in [3.63, 3.8) is 0 Å². The highest BCUT2D eigenvalue weighted by atomic mass is 32.1. The molecule has 2 N–H and O–H groups in total. The quantitative estimate of drug-likeness (QED) is 0.774. The van der Waals surface area contributed by atoms with Crippen molar-refractivity contribution in [3.8, 4) is 10.6 Å². The standard InChI is InChI=1S/C15H14N4O2S/c20-8-10-6-7-12(22-10)11-2-1-3-13-16-15(18-19(11)13)17-14(21)9-4-5-9/h1-3,6-7,9,20H,4-5,8H2,(H,17,18,21). The lowest BCUT2D eigenvalue weighted by molar-refractivity contribution is -0.117. The zero-order valence-corrected chi connectivity index (χ0v) is 12.5. The number of aromatic nitrogens is 3. The van der Waals surface area contributed by atoms with Gasteiger partial charge in [0.25, 0.3) is 0 Å². The minimum Gasteiger partial charge on any atom is -0.391 e. The predicted molar refractivity (Wildman–Crippen MR) is 83.6 cm³/mol. The van der Waals surface area contributed by atoms with Crippen molar-refractivity contribution >= 4 is 28.8 Å². The van der Waals surface area contributed by atoms with E-state index in [-0.39, 0.29) is 18.4 Å². The number of nitrogens with one attached hydrogen (secondary N) is 1. The summed E-state index contributed by atoms with van der Waals surface area (Å²) in [6.07, 6.45) is 1.90. The molecule has 0 spiro atoms. The van der Waals surface area contributed by atoms with E-state index in [2.05, 4.69) is 15.4 Å². The van der Waals surface area contributed by atoms with Gasteiger partial charge in [0.15, 0.2) is 5.65 Å². The molecule has 0 aliphatic heterocycles.